The maximum atomic E-state index is 13.8. The van der Waals surface area contributed by atoms with Crippen LogP contribution in [-0.4, -0.2) is 64.0 Å². The van der Waals surface area contributed by atoms with Crippen LogP contribution >= 0.6 is 11.6 Å². The van der Waals surface area contributed by atoms with Crippen molar-refractivity contribution in [1.29, 1.82) is 0 Å². The number of hydrogen-bond acceptors (Lipinski definition) is 5. The molecule has 1 fully saturated rings. The molecule has 2 aromatic carbocycles. The summed E-state index contributed by atoms with van der Waals surface area (Å²) < 4.78 is 21.8. The zero-order valence-corrected chi connectivity index (χ0v) is 21.3. The first-order chi connectivity index (χ1) is 17.3. The monoisotopic (exact) mass is 515 g/mol. The Morgan fingerprint density at radius 3 is 2.67 bits per heavy atom. The maximum Gasteiger partial charge on any atom is 0.351 e. The first-order valence-corrected chi connectivity index (χ1v) is 12.5. The van der Waals surface area contributed by atoms with Crippen LogP contribution in [0.2, 0.25) is 5.02 Å². The van der Waals surface area contributed by atoms with E-state index < -0.39 is 11.5 Å². The molecule has 1 N–H and O–H groups in total. The summed E-state index contributed by atoms with van der Waals surface area (Å²) in [5.74, 6) is -0.668. The minimum absolute atomic E-state index is 0.0821. The molecular formula is C26H31ClFN5O3. The molecule has 0 unspecified atom stereocenters. The van der Waals surface area contributed by atoms with Gasteiger partial charge in [-0.3, -0.25) is 9.36 Å². The van der Waals surface area contributed by atoms with Crippen molar-refractivity contribution in [2.75, 3.05) is 32.8 Å². The van der Waals surface area contributed by atoms with E-state index in [9.17, 15) is 14.0 Å². The van der Waals surface area contributed by atoms with Crippen molar-refractivity contribution < 1.29 is 13.9 Å². The van der Waals surface area contributed by atoms with Crippen LogP contribution in [0.15, 0.2) is 47.3 Å². The molecule has 1 amide bonds. The molecule has 3 aromatic rings. The summed E-state index contributed by atoms with van der Waals surface area (Å²) in [7, 11) is 0. The van der Waals surface area contributed by atoms with Crippen molar-refractivity contribution >= 4 is 17.5 Å². The largest absolute Gasteiger partial charge is 0.380 e. The standard InChI is InChI=1S/C26H31ClFN5O3/c1-18(2)29-24(34)17-32-25(20-6-9-23(28)22(27)16-20)30-33(26(32)35)21-7-4-19(5-8-21)10-12-31-11-3-14-36-15-13-31/h4-9,16,18H,3,10-15,17H2,1-2H3,(H,29,34). The second-order valence-corrected chi connectivity index (χ2v) is 9.59. The Labute approximate surface area is 214 Å². The van der Waals surface area contributed by atoms with E-state index in [1.54, 1.807) is 0 Å². The van der Waals surface area contributed by atoms with Gasteiger partial charge in [-0.25, -0.2) is 9.18 Å². The third kappa shape index (κ3) is 6.40. The molecular weight excluding hydrogens is 485 g/mol. The molecule has 0 spiro atoms. The van der Waals surface area contributed by atoms with Crippen molar-refractivity contribution in [3.63, 3.8) is 0 Å². The Hall–Kier alpha value is -3.01. The van der Waals surface area contributed by atoms with Gasteiger partial charge in [0.1, 0.15) is 12.4 Å². The molecule has 0 bridgehead atoms. The Balaban J connectivity index is 1.60. The highest BCUT2D eigenvalue weighted by Gasteiger charge is 2.20. The van der Waals surface area contributed by atoms with Gasteiger partial charge in [0.15, 0.2) is 5.82 Å². The lowest BCUT2D eigenvalue weighted by atomic mass is 10.1. The van der Waals surface area contributed by atoms with Gasteiger partial charge in [-0.1, -0.05) is 23.7 Å². The number of rotatable bonds is 8. The van der Waals surface area contributed by atoms with E-state index in [0.717, 1.165) is 51.3 Å². The summed E-state index contributed by atoms with van der Waals surface area (Å²) in [5.41, 5.74) is 1.69. The van der Waals surface area contributed by atoms with E-state index in [-0.39, 0.29) is 29.3 Å². The fourth-order valence-corrected chi connectivity index (χ4v) is 4.36. The molecule has 192 valence electrons. The van der Waals surface area contributed by atoms with Gasteiger partial charge in [0.25, 0.3) is 0 Å². The number of nitrogens with zero attached hydrogens (tertiary/aromatic N) is 4. The van der Waals surface area contributed by atoms with Gasteiger partial charge in [-0.15, -0.1) is 5.10 Å². The average molecular weight is 516 g/mol. The van der Waals surface area contributed by atoms with Crippen LogP contribution in [0.25, 0.3) is 17.1 Å². The summed E-state index contributed by atoms with van der Waals surface area (Å²) in [6.07, 6.45) is 1.93. The van der Waals surface area contributed by atoms with E-state index in [2.05, 4.69) is 15.3 Å². The fraction of sp³-hybridized carbons (Fsp3) is 0.423. The first kappa shape index (κ1) is 26.1. The Kier molecular flexibility index (Phi) is 8.56. The normalized spacial score (nSPS) is 14.7. The minimum atomic E-state index is -0.574. The summed E-state index contributed by atoms with van der Waals surface area (Å²) in [5, 5.41) is 7.19. The Bertz CT molecular complexity index is 1250. The van der Waals surface area contributed by atoms with Crippen LogP contribution < -0.4 is 11.0 Å². The van der Waals surface area contributed by atoms with Gasteiger partial charge in [-0.05, 0) is 62.6 Å². The van der Waals surface area contributed by atoms with Crippen molar-refractivity contribution in [1.82, 2.24) is 24.6 Å². The highest BCUT2D eigenvalue weighted by molar-refractivity contribution is 6.31. The predicted octanol–water partition coefficient (Wildman–Crippen LogP) is 3.28. The summed E-state index contributed by atoms with van der Waals surface area (Å²) in [4.78, 5) is 28.2. The number of carbonyl (C=O) groups excluding carboxylic acids is 1. The van der Waals surface area contributed by atoms with Crippen LogP contribution in [0.4, 0.5) is 4.39 Å². The second kappa shape index (κ2) is 11.8. The summed E-state index contributed by atoms with van der Waals surface area (Å²) in [6, 6.07) is 11.7. The number of amides is 1. The molecule has 0 saturated carbocycles. The quantitative estimate of drug-likeness (QED) is 0.498. The zero-order valence-electron chi connectivity index (χ0n) is 20.5. The van der Waals surface area contributed by atoms with Crippen LogP contribution in [0.3, 0.4) is 0 Å². The van der Waals surface area contributed by atoms with Gasteiger partial charge in [0.05, 0.1) is 17.3 Å². The number of carbonyl (C=O) groups is 1. The number of nitrogens with one attached hydrogen (secondary N) is 1. The zero-order chi connectivity index (χ0) is 25.7. The molecule has 0 aliphatic carbocycles. The van der Waals surface area contributed by atoms with Crippen molar-refractivity contribution in [2.24, 2.45) is 0 Å². The summed E-state index contributed by atoms with van der Waals surface area (Å²) in [6.45, 7) is 7.95. The summed E-state index contributed by atoms with van der Waals surface area (Å²) >= 11 is 5.98. The topological polar surface area (TPSA) is 81.4 Å². The van der Waals surface area contributed by atoms with E-state index in [1.807, 2.05) is 38.1 Å². The van der Waals surface area contributed by atoms with Gasteiger partial charge in [0.2, 0.25) is 5.91 Å². The van der Waals surface area contributed by atoms with Gasteiger partial charge >= 0.3 is 5.69 Å². The molecule has 8 nitrogen and oxygen atoms in total. The molecule has 36 heavy (non-hydrogen) atoms. The predicted molar refractivity (Wildman–Crippen MR) is 137 cm³/mol. The van der Waals surface area contributed by atoms with Gasteiger partial charge in [-0.2, -0.15) is 4.68 Å². The molecule has 0 radical (unpaired) electrons. The van der Waals surface area contributed by atoms with Crippen LogP contribution in [0.5, 0.6) is 0 Å². The maximum absolute atomic E-state index is 13.8. The Morgan fingerprint density at radius 1 is 1.17 bits per heavy atom. The van der Waals surface area contributed by atoms with Crippen molar-refractivity contribution in [3.05, 3.63) is 69.4 Å². The number of hydrogen-bond donors (Lipinski definition) is 1. The highest BCUT2D eigenvalue weighted by Crippen LogP contribution is 2.23. The lowest BCUT2D eigenvalue weighted by Gasteiger charge is -2.18. The molecule has 1 saturated heterocycles. The Morgan fingerprint density at radius 2 is 1.94 bits per heavy atom. The van der Waals surface area contributed by atoms with Crippen LogP contribution in [-0.2, 0) is 22.5 Å². The van der Waals surface area contributed by atoms with Crippen LogP contribution in [0.1, 0.15) is 25.8 Å². The molecule has 10 heteroatoms. The number of benzene rings is 2. The van der Waals surface area contributed by atoms with E-state index >= 15 is 0 Å². The number of aromatic nitrogens is 3. The molecule has 4 rings (SSSR count). The molecule has 1 aromatic heterocycles. The van der Waals surface area contributed by atoms with Crippen LogP contribution in [0, 0.1) is 5.82 Å². The van der Waals surface area contributed by atoms with E-state index in [0.29, 0.717) is 11.3 Å². The minimum Gasteiger partial charge on any atom is -0.380 e. The lowest BCUT2D eigenvalue weighted by molar-refractivity contribution is -0.122. The number of halogens is 2. The highest BCUT2D eigenvalue weighted by atomic mass is 35.5. The lowest BCUT2D eigenvalue weighted by Crippen LogP contribution is -2.36. The second-order valence-electron chi connectivity index (χ2n) is 9.18. The SMILES string of the molecule is CC(C)NC(=O)Cn1c(-c2ccc(F)c(Cl)c2)nn(-c2ccc(CCN3CCCOCC3)cc2)c1=O. The first-order valence-electron chi connectivity index (χ1n) is 12.2. The molecule has 1 aliphatic rings. The third-order valence-corrected chi connectivity index (χ3v) is 6.29. The van der Waals surface area contributed by atoms with Gasteiger partial charge in [0, 0.05) is 37.8 Å². The van der Waals surface area contributed by atoms with E-state index in [1.165, 1.54) is 27.4 Å². The van der Waals surface area contributed by atoms with Crippen molar-refractivity contribution in [2.45, 2.75) is 39.3 Å². The molecule has 0 atom stereocenters. The van der Waals surface area contributed by atoms with Crippen molar-refractivity contribution in [3.8, 4) is 17.1 Å². The van der Waals surface area contributed by atoms with Gasteiger partial charge < -0.3 is 15.0 Å². The fourth-order valence-electron chi connectivity index (χ4n) is 4.18. The molecule has 1 aliphatic heterocycles. The molecule has 2 heterocycles. The number of ether oxygens (including phenoxy) is 1. The average Bonchev–Trinajstić information content (AvgIpc) is 3.01. The third-order valence-electron chi connectivity index (χ3n) is 6.00. The van der Waals surface area contributed by atoms with E-state index in [4.69, 9.17) is 16.3 Å². The smallest absolute Gasteiger partial charge is 0.351 e.